The third kappa shape index (κ3) is 3.03. The van der Waals surface area contributed by atoms with Crippen LogP contribution in [0.4, 0.5) is 0 Å². The van der Waals surface area contributed by atoms with Gasteiger partial charge in [-0.1, -0.05) is 32.9 Å². The van der Waals surface area contributed by atoms with Gasteiger partial charge in [0.25, 0.3) is 0 Å². The van der Waals surface area contributed by atoms with Gasteiger partial charge in [0.2, 0.25) is 0 Å². The summed E-state index contributed by atoms with van der Waals surface area (Å²) in [5, 5.41) is 13.1. The molecular weight excluding hydrogens is 224 g/mol. The van der Waals surface area contributed by atoms with Gasteiger partial charge in [0.05, 0.1) is 0 Å². The Labute approximate surface area is 110 Å². The van der Waals surface area contributed by atoms with E-state index in [1.807, 2.05) is 12.1 Å². The molecule has 1 aromatic carbocycles. The van der Waals surface area contributed by atoms with Crippen LogP contribution in [0.1, 0.15) is 32.4 Å². The molecule has 100 valence electrons. The summed E-state index contributed by atoms with van der Waals surface area (Å²) in [7, 11) is 0. The number of benzene rings is 1. The maximum Gasteiger partial charge on any atom is 0.115 e. The highest BCUT2D eigenvalue weighted by molar-refractivity contribution is 5.30. The van der Waals surface area contributed by atoms with E-state index in [2.05, 4.69) is 37.1 Å². The van der Waals surface area contributed by atoms with Crippen LogP contribution in [0.5, 0.6) is 5.75 Å². The minimum Gasteiger partial charge on any atom is -0.508 e. The van der Waals surface area contributed by atoms with Crippen LogP contribution in [0.3, 0.4) is 0 Å². The molecule has 0 amide bonds. The summed E-state index contributed by atoms with van der Waals surface area (Å²) < 4.78 is 0. The molecule has 1 heterocycles. The van der Waals surface area contributed by atoms with E-state index in [1.165, 1.54) is 5.56 Å². The monoisotopic (exact) mass is 248 g/mol. The van der Waals surface area contributed by atoms with E-state index in [0.29, 0.717) is 11.8 Å². The van der Waals surface area contributed by atoms with Gasteiger partial charge in [-0.05, 0) is 23.1 Å². The maximum atomic E-state index is 9.70. The van der Waals surface area contributed by atoms with E-state index in [-0.39, 0.29) is 5.41 Å². The van der Waals surface area contributed by atoms with Gasteiger partial charge < -0.3 is 10.4 Å². The van der Waals surface area contributed by atoms with Gasteiger partial charge in [-0.25, -0.2) is 0 Å². The summed E-state index contributed by atoms with van der Waals surface area (Å²) in [6, 6.07) is 8.05. The third-order valence-corrected chi connectivity index (χ3v) is 3.52. The molecule has 3 nitrogen and oxygen atoms in total. The molecule has 1 aliphatic rings. The van der Waals surface area contributed by atoms with Gasteiger partial charge in [0, 0.05) is 32.2 Å². The fourth-order valence-electron chi connectivity index (χ4n) is 2.89. The Kier molecular flexibility index (Phi) is 3.93. The largest absolute Gasteiger partial charge is 0.508 e. The van der Waals surface area contributed by atoms with Crippen LogP contribution < -0.4 is 5.32 Å². The van der Waals surface area contributed by atoms with Gasteiger partial charge in [-0.3, -0.25) is 4.90 Å². The van der Waals surface area contributed by atoms with E-state index < -0.39 is 0 Å². The summed E-state index contributed by atoms with van der Waals surface area (Å²) in [5.41, 5.74) is 1.37. The molecule has 3 heteroatoms. The number of phenolic OH excluding ortho intramolecular Hbond substituents is 1. The predicted molar refractivity (Wildman–Crippen MR) is 74.7 cm³/mol. The molecule has 1 aromatic rings. The number of rotatable bonds is 2. The van der Waals surface area contributed by atoms with Crippen molar-refractivity contribution < 1.29 is 5.11 Å². The number of phenols is 1. The average molecular weight is 248 g/mol. The van der Waals surface area contributed by atoms with Crippen molar-refractivity contribution in [2.75, 3.05) is 26.2 Å². The highest BCUT2D eigenvalue weighted by Gasteiger charge is 2.32. The van der Waals surface area contributed by atoms with Crippen LogP contribution in [-0.4, -0.2) is 36.2 Å². The number of piperazine rings is 1. The minimum absolute atomic E-state index is 0.158. The Bertz CT molecular complexity index is 392. The Morgan fingerprint density at radius 3 is 2.44 bits per heavy atom. The molecule has 0 saturated carbocycles. The second kappa shape index (κ2) is 5.29. The molecule has 18 heavy (non-hydrogen) atoms. The van der Waals surface area contributed by atoms with E-state index in [1.54, 1.807) is 6.07 Å². The number of aromatic hydroxyl groups is 1. The van der Waals surface area contributed by atoms with Crippen LogP contribution in [0, 0.1) is 5.41 Å². The highest BCUT2D eigenvalue weighted by Crippen LogP contribution is 2.38. The van der Waals surface area contributed by atoms with Crippen molar-refractivity contribution in [3.63, 3.8) is 0 Å². The number of nitrogens with one attached hydrogen (secondary N) is 1. The van der Waals surface area contributed by atoms with Gasteiger partial charge in [-0.2, -0.15) is 0 Å². The molecule has 2 rings (SSSR count). The summed E-state index contributed by atoms with van der Waals surface area (Å²) in [6.45, 7) is 11.0. The molecule has 0 radical (unpaired) electrons. The van der Waals surface area contributed by atoms with Gasteiger partial charge in [-0.15, -0.1) is 0 Å². The number of nitrogens with zero attached hydrogens (tertiary/aromatic N) is 1. The molecule has 1 aliphatic heterocycles. The molecular formula is C15H24N2O. The lowest BCUT2D eigenvalue weighted by molar-refractivity contribution is 0.0861. The molecule has 0 spiro atoms. The van der Waals surface area contributed by atoms with Crippen LogP contribution in [0.25, 0.3) is 0 Å². The molecule has 0 aromatic heterocycles. The third-order valence-electron chi connectivity index (χ3n) is 3.52. The Hall–Kier alpha value is -1.06. The fraction of sp³-hybridized carbons (Fsp3) is 0.600. The predicted octanol–water partition coefficient (Wildman–Crippen LogP) is 2.38. The molecule has 1 fully saturated rings. The van der Waals surface area contributed by atoms with Crippen molar-refractivity contribution in [3.05, 3.63) is 29.8 Å². The van der Waals surface area contributed by atoms with Crippen molar-refractivity contribution in [2.24, 2.45) is 5.41 Å². The topological polar surface area (TPSA) is 35.5 Å². The number of hydrogen-bond donors (Lipinski definition) is 2. The van der Waals surface area contributed by atoms with E-state index in [9.17, 15) is 5.11 Å². The van der Waals surface area contributed by atoms with E-state index in [4.69, 9.17) is 0 Å². The van der Waals surface area contributed by atoms with Crippen molar-refractivity contribution in [2.45, 2.75) is 26.8 Å². The Morgan fingerprint density at radius 1 is 1.22 bits per heavy atom. The smallest absolute Gasteiger partial charge is 0.115 e. The first-order chi connectivity index (χ1) is 8.48. The molecule has 0 aliphatic carbocycles. The summed E-state index contributed by atoms with van der Waals surface area (Å²) in [6.07, 6.45) is 0. The first-order valence-corrected chi connectivity index (χ1v) is 6.72. The van der Waals surface area contributed by atoms with Gasteiger partial charge in [0.15, 0.2) is 0 Å². The SMILES string of the molecule is CC(C)(C)[C@H](c1cccc(O)c1)N1CCNCC1. The zero-order valence-corrected chi connectivity index (χ0v) is 11.6. The van der Waals surface area contributed by atoms with Crippen molar-refractivity contribution in [3.8, 4) is 5.75 Å². The normalized spacial score (nSPS) is 19.7. The second-order valence-electron chi connectivity index (χ2n) is 6.15. The maximum absolute atomic E-state index is 9.70. The van der Waals surface area contributed by atoms with E-state index in [0.717, 1.165) is 26.2 Å². The van der Waals surface area contributed by atoms with Gasteiger partial charge in [0.1, 0.15) is 5.75 Å². The quantitative estimate of drug-likeness (QED) is 0.843. The Balaban J connectivity index is 2.30. The van der Waals surface area contributed by atoms with Gasteiger partial charge >= 0.3 is 0 Å². The molecule has 1 saturated heterocycles. The lowest BCUT2D eigenvalue weighted by Crippen LogP contribution is -2.48. The van der Waals surface area contributed by atoms with Crippen LogP contribution in [0.2, 0.25) is 0 Å². The summed E-state index contributed by atoms with van der Waals surface area (Å²) in [4.78, 5) is 2.52. The minimum atomic E-state index is 0.158. The van der Waals surface area contributed by atoms with Crippen LogP contribution in [-0.2, 0) is 0 Å². The molecule has 0 unspecified atom stereocenters. The number of hydrogen-bond acceptors (Lipinski definition) is 3. The van der Waals surface area contributed by atoms with Crippen molar-refractivity contribution >= 4 is 0 Å². The molecule has 2 N–H and O–H groups in total. The van der Waals surface area contributed by atoms with Crippen LogP contribution >= 0.6 is 0 Å². The van der Waals surface area contributed by atoms with E-state index >= 15 is 0 Å². The Morgan fingerprint density at radius 2 is 1.89 bits per heavy atom. The zero-order valence-electron chi connectivity index (χ0n) is 11.6. The zero-order chi connectivity index (χ0) is 13.2. The van der Waals surface area contributed by atoms with Crippen molar-refractivity contribution in [1.82, 2.24) is 10.2 Å². The average Bonchev–Trinajstić information content (AvgIpc) is 2.28. The first kappa shape index (κ1) is 13.4. The highest BCUT2D eigenvalue weighted by atomic mass is 16.3. The first-order valence-electron chi connectivity index (χ1n) is 6.72. The lowest BCUT2D eigenvalue weighted by Gasteiger charge is -2.42. The second-order valence-corrected chi connectivity index (χ2v) is 6.15. The lowest BCUT2D eigenvalue weighted by atomic mass is 9.81. The van der Waals surface area contributed by atoms with Crippen LogP contribution in [0.15, 0.2) is 24.3 Å². The molecule has 1 atom stereocenters. The summed E-state index contributed by atoms with van der Waals surface area (Å²) >= 11 is 0. The summed E-state index contributed by atoms with van der Waals surface area (Å²) in [5.74, 6) is 0.358. The van der Waals surface area contributed by atoms with Crippen molar-refractivity contribution in [1.29, 1.82) is 0 Å². The standard InChI is InChI=1S/C15H24N2O/c1-15(2,3)14(17-9-7-16-8-10-17)12-5-4-6-13(18)11-12/h4-6,11,14,16,18H,7-10H2,1-3H3/t14-/m0/s1. The fourth-order valence-corrected chi connectivity index (χ4v) is 2.89. The molecule has 0 bridgehead atoms.